The van der Waals surface area contributed by atoms with Crippen molar-refractivity contribution >= 4 is 0 Å². The molecule has 0 radical (unpaired) electrons. The molecule has 7 aliphatic carbocycles. The standard InChI is InChI=1S/C18H16/c1-2-12-18-15-7-3-13(4-8-15)17(18,11-1)14-5-9-16(18)10-6-14/h1-16H. The zero-order chi connectivity index (χ0) is 11.8. The van der Waals surface area contributed by atoms with Gasteiger partial charge in [-0.1, -0.05) is 72.9 Å². The van der Waals surface area contributed by atoms with Crippen LogP contribution in [0.25, 0.3) is 0 Å². The van der Waals surface area contributed by atoms with Crippen LogP contribution in [0.3, 0.4) is 0 Å². The van der Waals surface area contributed by atoms with Crippen LogP contribution in [0.15, 0.2) is 72.9 Å². The van der Waals surface area contributed by atoms with Crippen molar-refractivity contribution in [3.8, 4) is 0 Å². The zero-order valence-corrected chi connectivity index (χ0v) is 10.2. The molecule has 0 heteroatoms. The molecule has 7 rings (SSSR count). The summed E-state index contributed by atoms with van der Waals surface area (Å²) in [5, 5.41) is 0. The summed E-state index contributed by atoms with van der Waals surface area (Å²) in [6.45, 7) is 0. The normalized spacial score (nSPS) is 56.0. The fourth-order valence-corrected chi connectivity index (χ4v) is 5.25. The van der Waals surface area contributed by atoms with Crippen molar-refractivity contribution in [3.63, 3.8) is 0 Å². The molecule has 0 saturated heterocycles. The predicted molar refractivity (Wildman–Crippen MR) is 73.7 cm³/mol. The van der Waals surface area contributed by atoms with Gasteiger partial charge in [0.25, 0.3) is 0 Å². The summed E-state index contributed by atoms with van der Waals surface area (Å²) in [5.74, 6) is 2.24. The van der Waals surface area contributed by atoms with Crippen LogP contribution < -0.4 is 0 Å². The minimum atomic E-state index is 0.268. The van der Waals surface area contributed by atoms with Gasteiger partial charge in [0.2, 0.25) is 0 Å². The molecule has 0 fully saturated rings. The van der Waals surface area contributed by atoms with Crippen LogP contribution in [0, 0.1) is 34.5 Å². The second-order valence-electron chi connectivity index (χ2n) is 6.23. The Labute approximate surface area is 108 Å². The van der Waals surface area contributed by atoms with Crippen molar-refractivity contribution in [2.24, 2.45) is 34.5 Å². The maximum Gasteiger partial charge on any atom is 0.0188 e. The Morgan fingerprint density at radius 3 is 1.00 bits per heavy atom. The van der Waals surface area contributed by atoms with Crippen molar-refractivity contribution < 1.29 is 0 Å². The van der Waals surface area contributed by atoms with E-state index in [9.17, 15) is 0 Å². The van der Waals surface area contributed by atoms with Gasteiger partial charge in [-0.3, -0.25) is 0 Å². The van der Waals surface area contributed by atoms with Crippen molar-refractivity contribution in [1.29, 1.82) is 0 Å². The number of allylic oxidation sites excluding steroid dienone is 12. The van der Waals surface area contributed by atoms with Crippen molar-refractivity contribution in [1.82, 2.24) is 0 Å². The topological polar surface area (TPSA) is 0 Å². The molecule has 88 valence electrons. The molecular formula is C18H16. The van der Waals surface area contributed by atoms with Gasteiger partial charge in [0.15, 0.2) is 0 Å². The smallest absolute Gasteiger partial charge is 0.0188 e. The average Bonchev–Trinajstić information content (AvgIpc) is 2.49. The highest BCUT2D eigenvalue weighted by Crippen LogP contribution is 2.71. The van der Waals surface area contributed by atoms with Gasteiger partial charge in [-0.2, -0.15) is 0 Å². The van der Waals surface area contributed by atoms with E-state index in [1.165, 1.54) is 0 Å². The lowest BCUT2D eigenvalue weighted by Gasteiger charge is -2.66. The molecular weight excluding hydrogens is 216 g/mol. The highest BCUT2D eigenvalue weighted by Gasteiger charge is 2.65. The fourth-order valence-electron chi connectivity index (χ4n) is 5.25. The van der Waals surface area contributed by atoms with Crippen LogP contribution in [0.5, 0.6) is 0 Å². The molecule has 0 saturated carbocycles. The van der Waals surface area contributed by atoms with Crippen molar-refractivity contribution in [2.45, 2.75) is 0 Å². The summed E-state index contributed by atoms with van der Waals surface area (Å²) in [5.41, 5.74) is 0.536. The Bertz CT molecular complexity index is 480. The SMILES string of the molecule is C1=CC23C4C=CC(C=C4)C2(C=C1)C1C=CC3C=C1. The highest BCUT2D eigenvalue weighted by atomic mass is 14.7. The molecule has 0 nitrogen and oxygen atoms in total. The second kappa shape index (κ2) is 2.71. The molecule has 7 aliphatic rings. The van der Waals surface area contributed by atoms with Gasteiger partial charge in [-0.05, 0) is 0 Å². The van der Waals surface area contributed by atoms with E-state index >= 15 is 0 Å². The zero-order valence-electron chi connectivity index (χ0n) is 10.2. The lowest BCUT2D eigenvalue weighted by atomic mass is 9.36. The van der Waals surface area contributed by atoms with Crippen molar-refractivity contribution in [2.75, 3.05) is 0 Å². The summed E-state index contributed by atoms with van der Waals surface area (Å²) < 4.78 is 0. The van der Waals surface area contributed by atoms with E-state index in [0.29, 0.717) is 23.7 Å². The van der Waals surface area contributed by atoms with Crippen LogP contribution in [0.2, 0.25) is 0 Å². The molecule has 0 aromatic carbocycles. The monoisotopic (exact) mass is 232 g/mol. The van der Waals surface area contributed by atoms with Gasteiger partial charge >= 0.3 is 0 Å². The van der Waals surface area contributed by atoms with Crippen LogP contribution in [0.4, 0.5) is 0 Å². The Balaban J connectivity index is 1.92. The molecule has 18 heavy (non-hydrogen) atoms. The summed E-state index contributed by atoms with van der Waals surface area (Å²) >= 11 is 0. The molecule has 0 heterocycles. The van der Waals surface area contributed by atoms with E-state index in [2.05, 4.69) is 72.9 Å². The average molecular weight is 232 g/mol. The molecule has 0 aliphatic heterocycles. The summed E-state index contributed by atoms with van der Waals surface area (Å²) in [4.78, 5) is 0. The third-order valence-corrected chi connectivity index (χ3v) is 5.91. The first-order valence-electron chi connectivity index (χ1n) is 6.98. The first kappa shape index (κ1) is 9.38. The lowest BCUT2D eigenvalue weighted by Crippen LogP contribution is -2.61. The van der Waals surface area contributed by atoms with Crippen molar-refractivity contribution in [3.05, 3.63) is 72.9 Å². The molecule has 0 amide bonds. The van der Waals surface area contributed by atoms with E-state index in [1.807, 2.05) is 0 Å². The molecule has 4 bridgehead atoms. The van der Waals surface area contributed by atoms with E-state index in [0.717, 1.165) is 0 Å². The minimum absolute atomic E-state index is 0.268. The van der Waals surface area contributed by atoms with E-state index < -0.39 is 0 Å². The molecule has 0 N–H and O–H groups in total. The van der Waals surface area contributed by atoms with Gasteiger partial charge in [0.05, 0.1) is 0 Å². The molecule has 0 spiro atoms. The maximum absolute atomic E-state index is 2.50. The number of hydrogen-bond acceptors (Lipinski definition) is 0. The Hall–Kier alpha value is -1.56. The predicted octanol–water partition coefficient (Wildman–Crippen LogP) is 3.83. The summed E-state index contributed by atoms with van der Waals surface area (Å²) in [6.07, 6.45) is 29.1. The van der Waals surface area contributed by atoms with E-state index in [-0.39, 0.29) is 10.8 Å². The third-order valence-electron chi connectivity index (χ3n) is 5.91. The summed E-state index contributed by atoms with van der Waals surface area (Å²) in [6, 6.07) is 0. The number of hydrogen-bond donors (Lipinski definition) is 0. The van der Waals surface area contributed by atoms with Crippen LogP contribution in [-0.2, 0) is 0 Å². The largest absolute Gasteiger partial charge is 0.0801 e. The van der Waals surface area contributed by atoms with E-state index in [4.69, 9.17) is 0 Å². The second-order valence-corrected chi connectivity index (χ2v) is 6.23. The van der Waals surface area contributed by atoms with Crippen LogP contribution >= 0.6 is 0 Å². The minimum Gasteiger partial charge on any atom is -0.0801 e. The van der Waals surface area contributed by atoms with Crippen LogP contribution in [0.1, 0.15) is 0 Å². The number of rotatable bonds is 0. The fraction of sp³-hybridized carbons (Fsp3) is 0.333. The first-order chi connectivity index (χ1) is 8.88. The third kappa shape index (κ3) is 0.714. The maximum atomic E-state index is 2.50. The lowest BCUT2D eigenvalue weighted by molar-refractivity contribution is -0.0146. The first-order valence-corrected chi connectivity index (χ1v) is 6.98. The highest BCUT2D eigenvalue weighted by molar-refractivity contribution is 5.50. The Morgan fingerprint density at radius 1 is 0.444 bits per heavy atom. The molecule has 0 unspecified atom stereocenters. The van der Waals surface area contributed by atoms with Gasteiger partial charge in [0, 0.05) is 34.5 Å². The van der Waals surface area contributed by atoms with Gasteiger partial charge in [0.1, 0.15) is 0 Å². The van der Waals surface area contributed by atoms with Crippen LogP contribution in [-0.4, -0.2) is 0 Å². The van der Waals surface area contributed by atoms with Gasteiger partial charge in [-0.25, -0.2) is 0 Å². The molecule has 0 atom stereocenters. The Morgan fingerprint density at radius 2 is 0.722 bits per heavy atom. The summed E-state index contributed by atoms with van der Waals surface area (Å²) in [7, 11) is 0. The molecule has 0 aromatic rings. The molecule has 0 aromatic heterocycles. The van der Waals surface area contributed by atoms with Gasteiger partial charge in [-0.15, -0.1) is 0 Å². The van der Waals surface area contributed by atoms with Gasteiger partial charge < -0.3 is 0 Å². The van der Waals surface area contributed by atoms with E-state index in [1.54, 1.807) is 0 Å². The quantitative estimate of drug-likeness (QED) is 0.557. The Kier molecular flexibility index (Phi) is 1.41.